The molecule has 0 amide bonds. The third-order valence-corrected chi connectivity index (χ3v) is 3.31. The lowest BCUT2D eigenvalue weighted by Gasteiger charge is -2.15. The van der Waals surface area contributed by atoms with Gasteiger partial charge in [-0.05, 0) is 36.1 Å². The number of hydrogen-bond donors (Lipinski definition) is 0. The molecule has 106 valence electrons. The molecule has 0 heterocycles. The van der Waals surface area contributed by atoms with Gasteiger partial charge in [-0.25, -0.2) is 0 Å². The number of unbranched alkanes of at least 4 members (excludes halogenated alkanes) is 1. The SMILES string of the molecule is CCCCC(CC)COc1ccc(C=COC)cc1. The van der Waals surface area contributed by atoms with Gasteiger partial charge >= 0.3 is 0 Å². The van der Waals surface area contributed by atoms with Gasteiger partial charge in [0.15, 0.2) is 0 Å². The minimum atomic E-state index is 0.674. The van der Waals surface area contributed by atoms with E-state index in [4.69, 9.17) is 9.47 Å². The van der Waals surface area contributed by atoms with Crippen LogP contribution in [-0.4, -0.2) is 13.7 Å². The maximum absolute atomic E-state index is 5.86. The van der Waals surface area contributed by atoms with Crippen LogP contribution in [0.4, 0.5) is 0 Å². The summed E-state index contributed by atoms with van der Waals surface area (Å²) in [6, 6.07) is 8.11. The summed E-state index contributed by atoms with van der Waals surface area (Å²) in [6.07, 6.45) is 8.61. The summed E-state index contributed by atoms with van der Waals surface area (Å²) in [5.41, 5.74) is 1.12. The highest BCUT2D eigenvalue weighted by molar-refractivity contribution is 5.49. The van der Waals surface area contributed by atoms with E-state index < -0.39 is 0 Å². The summed E-state index contributed by atoms with van der Waals surface area (Å²) in [5, 5.41) is 0. The molecule has 1 aromatic rings. The maximum Gasteiger partial charge on any atom is 0.119 e. The van der Waals surface area contributed by atoms with Crippen molar-refractivity contribution in [3.8, 4) is 5.75 Å². The molecule has 0 spiro atoms. The van der Waals surface area contributed by atoms with Crippen LogP contribution in [0.25, 0.3) is 6.08 Å². The molecule has 1 rings (SSSR count). The van der Waals surface area contributed by atoms with Crippen LogP contribution in [0.1, 0.15) is 45.1 Å². The lowest BCUT2D eigenvalue weighted by Crippen LogP contribution is -2.11. The summed E-state index contributed by atoms with van der Waals surface area (Å²) in [5.74, 6) is 1.62. The first-order valence-electron chi connectivity index (χ1n) is 7.22. The van der Waals surface area contributed by atoms with Gasteiger partial charge in [-0.1, -0.05) is 45.2 Å². The Morgan fingerprint density at radius 1 is 1.16 bits per heavy atom. The van der Waals surface area contributed by atoms with Crippen molar-refractivity contribution in [2.45, 2.75) is 39.5 Å². The first-order chi connectivity index (χ1) is 9.30. The topological polar surface area (TPSA) is 18.5 Å². The zero-order valence-electron chi connectivity index (χ0n) is 12.4. The summed E-state index contributed by atoms with van der Waals surface area (Å²) in [7, 11) is 1.65. The fourth-order valence-electron chi connectivity index (χ4n) is 1.93. The van der Waals surface area contributed by atoms with Crippen molar-refractivity contribution in [2.24, 2.45) is 5.92 Å². The number of hydrogen-bond acceptors (Lipinski definition) is 2. The third kappa shape index (κ3) is 6.32. The van der Waals surface area contributed by atoms with Crippen LogP contribution >= 0.6 is 0 Å². The normalized spacial score (nSPS) is 12.6. The molecule has 0 aliphatic heterocycles. The van der Waals surface area contributed by atoms with Crippen LogP contribution in [0.3, 0.4) is 0 Å². The van der Waals surface area contributed by atoms with Crippen LogP contribution < -0.4 is 4.74 Å². The highest BCUT2D eigenvalue weighted by Gasteiger charge is 2.06. The third-order valence-electron chi connectivity index (χ3n) is 3.31. The minimum absolute atomic E-state index is 0.674. The monoisotopic (exact) mass is 262 g/mol. The van der Waals surface area contributed by atoms with Crippen LogP contribution in [0.5, 0.6) is 5.75 Å². The Hall–Kier alpha value is -1.44. The second kappa shape index (κ2) is 9.48. The van der Waals surface area contributed by atoms with Crippen molar-refractivity contribution >= 4 is 6.08 Å². The number of benzene rings is 1. The number of ether oxygens (including phenoxy) is 2. The predicted octanol–water partition coefficient (Wildman–Crippen LogP) is 4.90. The molecule has 0 saturated carbocycles. The maximum atomic E-state index is 5.86. The van der Waals surface area contributed by atoms with E-state index in [9.17, 15) is 0 Å². The Balaban J connectivity index is 2.42. The average Bonchev–Trinajstić information content (AvgIpc) is 2.46. The molecule has 0 bridgehead atoms. The van der Waals surface area contributed by atoms with Crippen LogP contribution in [0.15, 0.2) is 30.5 Å². The van der Waals surface area contributed by atoms with E-state index in [1.807, 2.05) is 30.3 Å². The van der Waals surface area contributed by atoms with E-state index in [0.29, 0.717) is 5.92 Å². The summed E-state index contributed by atoms with van der Waals surface area (Å²) in [4.78, 5) is 0. The fraction of sp³-hybridized carbons (Fsp3) is 0.529. The van der Waals surface area contributed by atoms with Crippen molar-refractivity contribution in [1.29, 1.82) is 0 Å². The molecule has 2 heteroatoms. The van der Waals surface area contributed by atoms with Crippen molar-refractivity contribution in [1.82, 2.24) is 0 Å². The van der Waals surface area contributed by atoms with Crippen molar-refractivity contribution in [2.75, 3.05) is 13.7 Å². The molecule has 0 saturated heterocycles. The number of rotatable bonds is 9. The van der Waals surface area contributed by atoms with Crippen molar-refractivity contribution < 1.29 is 9.47 Å². The average molecular weight is 262 g/mol. The van der Waals surface area contributed by atoms with Crippen molar-refractivity contribution in [3.63, 3.8) is 0 Å². The van der Waals surface area contributed by atoms with Crippen LogP contribution in [-0.2, 0) is 4.74 Å². The standard InChI is InChI=1S/C17H26O2/c1-4-6-7-15(5-2)14-19-17-10-8-16(9-11-17)12-13-18-3/h8-13,15H,4-7,14H2,1-3H3. The zero-order chi connectivity index (χ0) is 13.9. The minimum Gasteiger partial charge on any atom is -0.504 e. The molecule has 0 fully saturated rings. The summed E-state index contributed by atoms with van der Waals surface area (Å²) >= 11 is 0. The van der Waals surface area contributed by atoms with E-state index in [2.05, 4.69) is 13.8 Å². The van der Waals surface area contributed by atoms with Gasteiger partial charge in [-0.2, -0.15) is 0 Å². The summed E-state index contributed by atoms with van der Waals surface area (Å²) < 4.78 is 10.8. The molecule has 0 aliphatic rings. The Kier molecular flexibility index (Phi) is 7.80. The fourth-order valence-corrected chi connectivity index (χ4v) is 1.93. The first kappa shape index (κ1) is 15.6. The van der Waals surface area contributed by atoms with Crippen LogP contribution in [0, 0.1) is 5.92 Å². The van der Waals surface area contributed by atoms with Gasteiger partial charge in [-0.3, -0.25) is 0 Å². The molecule has 0 aliphatic carbocycles. The second-order valence-electron chi connectivity index (χ2n) is 4.83. The lowest BCUT2D eigenvalue weighted by molar-refractivity contribution is 0.233. The molecule has 0 aromatic heterocycles. The van der Waals surface area contributed by atoms with Crippen molar-refractivity contribution in [3.05, 3.63) is 36.1 Å². The van der Waals surface area contributed by atoms with Gasteiger partial charge in [0.25, 0.3) is 0 Å². The van der Waals surface area contributed by atoms with Gasteiger partial charge in [0.2, 0.25) is 0 Å². The predicted molar refractivity (Wildman–Crippen MR) is 81.3 cm³/mol. The van der Waals surface area contributed by atoms with Gasteiger partial charge in [0, 0.05) is 0 Å². The second-order valence-corrected chi connectivity index (χ2v) is 4.83. The van der Waals surface area contributed by atoms with E-state index in [-0.39, 0.29) is 0 Å². The molecule has 19 heavy (non-hydrogen) atoms. The molecule has 0 N–H and O–H groups in total. The molecule has 1 atom stereocenters. The quantitative estimate of drug-likeness (QED) is 0.589. The van der Waals surface area contributed by atoms with Gasteiger partial charge in [0.1, 0.15) is 5.75 Å². The van der Waals surface area contributed by atoms with Crippen LogP contribution in [0.2, 0.25) is 0 Å². The Morgan fingerprint density at radius 2 is 1.89 bits per heavy atom. The molecular weight excluding hydrogens is 236 g/mol. The summed E-state index contributed by atoms with van der Waals surface area (Å²) in [6.45, 7) is 5.30. The smallest absolute Gasteiger partial charge is 0.119 e. The highest BCUT2D eigenvalue weighted by atomic mass is 16.5. The van der Waals surface area contributed by atoms with Gasteiger partial charge < -0.3 is 9.47 Å². The molecular formula is C17H26O2. The van der Waals surface area contributed by atoms with E-state index in [0.717, 1.165) is 17.9 Å². The molecule has 1 unspecified atom stereocenters. The molecule has 1 aromatic carbocycles. The zero-order valence-corrected chi connectivity index (χ0v) is 12.4. The molecule has 2 nitrogen and oxygen atoms in total. The number of methoxy groups -OCH3 is 1. The van der Waals surface area contributed by atoms with E-state index >= 15 is 0 Å². The first-order valence-corrected chi connectivity index (χ1v) is 7.22. The lowest BCUT2D eigenvalue weighted by atomic mass is 10.0. The molecule has 0 radical (unpaired) electrons. The van der Waals surface area contributed by atoms with Gasteiger partial charge in [-0.15, -0.1) is 0 Å². The Labute approximate surface area is 117 Å². The van der Waals surface area contributed by atoms with E-state index in [1.165, 1.54) is 25.7 Å². The Morgan fingerprint density at radius 3 is 2.47 bits per heavy atom. The Bertz CT molecular complexity index is 354. The van der Waals surface area contributed by atoms with E-state index in [1.54, 1.807) is 13.4 Å². The highest BCUT2D eigenvalue weighted by Crippen LogP contribution is 2.17. The largest absolute Gasteiger partial charge is 0.504 e. The van der Waals surface area contributed by atoms with Gasteiger partial charge in [0.05, 0.1) is 20.0 Å².